The zero-order valence-electron chi connectivity index (χ0n) is 11.1. The van der Waals surface area contributed by atoms with E-state index in [1.165, 1.54) is 21.5 Å². The summed E-state index contributed by atoms with van der Waals surface area (Å²) in [4.78, 5) is 0. The molecule has 2 aromatic carbocycles. The molecular weight excluding hydrogens is 220 g/mol. The molecule has 0 heterocycles. The Bertz CT molecular complexity index is 492. The van der Waals surface area contributed by atoms with Crippen LogP contribution in [0.2, 0.25) is 13.1 Å². The molecule has 0 nitrogen and oxygen atoms in total. The number of benzene rings is 2. The average molecular weight is 240 g/mol. The molecular formula is C16H20Si. The van der Waals surface area contributed by atoms with Gasteiger partial charge in [0.2, 0.25) is 0 Å². The van der Waals surface area contributed by atoms with Crippen LogP contribution in [0.15, 0.2) is 48.5 Å². The van der Waals surface area contributed by atoms with Crippen LogP contribution in [0.5, 0.6) is 0 Å². The van der Waals surface area contributed by atoms with Crippen LogP contribution >= 0.6 is 0 Å². The summed E-state index contributed by atoms with van der Waals surface area (Å²) in [6, 6.07) is 17.9. The van der Waals surface area contributed by atoms with Gasteiger partial charge in [-0.1, -0.05) is 83.1 Å². The van der Waals surface area contributed by atoms with Gasteiger partial charge in [0, 0.05) is 0 Å². The summed E-state index contributed by atoms with van der Waals surface area (Å²) in [6.45, 7) is 9.23. The highest BCUT2D eigenvalue weighted by Crippen LogP contribution is 2.08. The van der Waals surface area contributed by atoms with E-state index in [1.54, 1.807) is 0 Å². The Hall–Kier alpha value is -1.34. The van der Waals surface area contributed by atoms with Crippen molar-refractivity contribution in [2.45, 2.75) is 26.9 Å². The first kappa shape index (κ1) is 12.1. The third-order valence-electron chi connectivity index (χ3n) is 3.44. The van der Waals surface area contributed by atoms with E-state index in [1.807, 2.05) is 0 Å². The van der Waals surface area contributed by atoms with E-state index in [-0.39, 0.29) is 0 Å². The Morgan fingerprint density at radius 2 is 1.24 bits per heavy atom. The van der Waals surface area contributed by atoms with E-state index in [9.17, 15) is 0 Å². The van der Waals surface area contributed by atoms with E-state index in [0.29, 0.717) is 0 Å². The lowest BCUT2D eigenvalue weighted by Gasteiger charge is -2.24. The van der Waals surface area contributed by atoms with Gasteiger partial charge in [0.1, 0.15) is 8.07 Å². The van der Waals surface area contributed by atoms with Crippen molar-refractivity contribution in [3.63, 3.8) is 0 Å². The maximum Gasteiger partial charge on any atom is 0.112 e. The van der Waals surface area contributed by atoms with E-state index >= 15 is 0 Å². The Kier molecular flexibility index (Phi) is 3.21. The lowest BCUT2D eigenvalue weighted by Crippen LogP contribution is -2.52. The first-order valence-corrected chi connectivity index (χ1v) is 9.14. The molecule has 17 heavy (non-hydrogen) atoms. The van der Waals surface area contributed by atoms with Gasteiger partial charge in [0.05, 0.1) is 0 Å². The minimum absolute atomic E-state index is 1.37. The van der Waals surface area contributed by atoms with Crippen molar-refractivity contribution in [1.29, 1.82) is 0 Å². The van der Waals surface area contributed by atoms with Gasteiger partial charge >= 0.3 is 0 Å². The Morgan fingerprint density at radius 1 is 0.706 bits per heavy atom. The number of hydrogen-bond acceptors (Lipinski definition) is 0. The highest BCUT2D eigenvalue weighted by atomic mass is 28.3. The predicted molar refractivity (Wildman–Crippen MR) is 79.1 cm³/mol. The lowest BCUT2D eigenvalue weighted by atomic mass is 10.2. The smallest absolute Gasteiger partial charge is 0.0626 e. The summed E-state index contributed by atoms with van der Waals surface area (Å²) < 4.78 is 0. The summed E-state index contributed by atoms with van der Waals surface area (Å²) in [5.41, 5.74) is 2.74. The van der Waals surface area contributed by atoms with Crippen LogP contribution in [0.1, 0.15) is 11.1 Å². The summed E-state index contributed by atoms with van der Waals surface area (Å²) in [6.07, 6.45) is 0. The first-order valence-electron chi connectivity index (χ1n) is 6.14. The average Bonchev–Trinajstić information content (AvgIpc) is 2.29. The second kappa shape index (κ2) is 4.50. The molecule has 0 radical (unpaired) electrons. The highest BCUT2D eigenvalue weighted by molar-refractivity contribution is 7.00. The molecule has 0 bridgehead atoms. The van der Waals surface area contributed by atoms with Crippen molar-refractivity contribution in [2.75, 3.05) is 0 Å². The minimum atomic E-state index is -1.52. The molecule has 0 aliphatic heterocycles. The standard InChI is InChI=1S/C16H20Si/c1-13-10-14(2)12-16(11-13)17(3,4)15-8-6-5-7-9-15/h5-12H,1-4H3. The van der Waals surface area contributed by atoms with E-state index in [2.05, 4.69) is 75.5 Å². The van der Waals surface area contributed by atoms with Gasteiger partial charge in [-0.15, -0.1) is 0 Å². The second-order valence-electron chi connectivity index (χ2n) is 5.37. The van der Waals surface area contributed by atoms with Gasteiger partial charge in [-0.05, 0) is 13.8 Å². The lowest BCUT2D eigenvalue weighted by molar-refractivity contribution is 1.40. The zero-order chi connectivity index (χ0) is 12.5. The molecule has 0 fully saturated rings. The fraction of sp³-hybridized carbons (Fsp3) is 0.250. The molecule has 0 unspecified atom stereocenters. The Morgan fingerprint density at radius 3 is 1.76 bits per heavy atom. The SMILES string of the molecule is Cc1cc(C)cc([Si](C)(C)c2ccccc2)c1. The Balaban J connectivity index is 2.51. The normalized spacial score (nSPS) is 11.5. The number of hydrogen-bond donors (Lipinski definition) is 0. The Labute approximate surface area is 105 Å². The third-order valence-corrected chi connectivity index (χ3v) is 6.95. The van der Waals surface area contributed by atoms with Crippen LogP contribution in [-0.2, 0) is 0 Å². The van der Waals surface area contributed by atoms with Crippen LogP contribution in [0.25, 0.3) is 0 Å². The molecule has 88 valence electrons. The topological polar surface area (TPSA) is 0 Å². The van der Waals surface area contributed by atoms with Gasteiger partial charge < -0.3 is 0 Å². The molecule has 0 amide bonds. The summed E-state index contributed by atoms with van der Waals surface area (Å²) >= 11 is 0. The molecule has 0 aliphatic carbocycles. The van der Waals surface area contributed by atoms with Gasteiger partial charge in [-0.3, -0.25) is 0 Å². The van der Waals surface area contributed by atoms with Crippen molar-refractivity contribution < 1.29 is 0 Å². The highest BCUT2D eigenvalue weighted by Gasteiger charge is 2.25. The van der Waals surface area contributed by atoms with Crippen molar-refractivity contribution in [3.8, 4) is 0 Å². The molecule has 0 saturated heterocycles. The molecule has 0 aliphatic rings. The predicted octanol–water partition coefficient (Wildman–Crippen LogP) is 3.13. The van der Waals surface area contributed by atoms with Crippen LogP contribution in [0.3, 0.4) is 0 Å². The van der Waals surface area contributed by atoms with Crippen LogP contribution in [0, 0.1) is 13.8 Å². The van der Waals surface area contributed by atoms with E-state index in [0.717, 1.165) is 0 Å². The number of rotatable bonds is 2. The minimum Gasteiger partial charge on any atom is -0.0626 e. The monoisotopic (exact) mass is 240 g/mol. The van der Waals surface area contributed by atoms with Crippen molar-refractivity contribution in [3.05, 3.63) is 59.7 Å². The van der Waals surface area contributed by atoms with Crippen molar-refractivity contribution in [1.82, 2.24) is 0 Å². The van der Waals surface area contributed by atoms with Crippen LogP contribution in [0.4, 0.5) is 0 Å². The van der Waals surface area contributed by atoms with E-state index < -0.39 is 8.07 Å². The molecule has 0 spiro atoms. The molecule has 0 saturated carbocycles. The van der Waals surface area contributed by atoms with Gasteiger partial charge in [0.25, 0.3) is 0 Å². The second-order valence-corrected chi connectivity index (χ2v) is 9.77. The van der Waals surface area contributed by atoms with Crippen LogP contribution < -0.4 is 10.4 Å². The fourth-order valence-electron chi connectivity index (χ4n) is 2.36. The van der Waals surface area contributed by atoms with Gasteiger partial charge in [-0.25, -0.2) is 0 Å². The first-order chi connectivity index (χ1) is 8.00. The van der Waals surface area contributed by atoms with Gasteiger partial charge in [0.15, 0.2) is 0 Å². The third kappa shape index (κ3) is 2.50. The maximum atomic E-state index is 2.43. The summed E-state index contributed by atoms with van der Waals surface area (Å²) in [5.74, 6) is 0. The van der Waals surface area contributed by atoms with Crippen LogP contribution in [-0.4, -0.2) is 8.07 Å². The molecule has 0 N–H and O–H groups in total. The summed E-state index contributed by atoms with van der Waals surface area (Å²) in [7, 11) is -1.52. The molecule has 0 atom stereocenters. The zero-order valence-corrected chi connectivity index (χ0v) is 12.1. The maximum absolute atomic E-state index is 2.43. The van der Waals surface area contributed by atoms with Gasteiger partial charge in [-0.2, -0.15) is 0 Å². The molecule has 0 aromatic heterocycles. The largest absolute Gasteiger partial charge is 0.112 e. The number of aryl methyl sites for hydroxylation is 2. The molecule has 2 rings (SSSR count). The quantitative estimate of drug-likeness (QED) is 0.708. The van der Waals surface area contributed by atoms with Crippen molar-refractivity contribution >= 4 is 18.4 Å². The van der Waals surface area contributed by atoms with E-state index in [4.69, 9.17) is 0 Å². The molecule has 1 heteroatoms. The fourth-order valence-corrected chi connectivity index (χ4v) is 4.89. The molecule has 2 aromatic rings. The summed E-state index contributed by atoms with van der Waals surface area (Å²) in [5, 5.41) is 3.03. The van der Waals surface area contributed by atoms with Crippen molar-refractivity contribution in [2.24, 2.45) is 0 Å².